The Kier molecular flexibility index (Phi) is 4.68. The van der Waals surface area contributed by atoms with Crippen molar-refractivity contribution in [2.45, 2.75) is 0 Å². The smallest absolute Gasteiger partial charge is 0.143 e. The minimum absolute atomic E-state index is 0.0851. The molecule has 8 rings (SSSR count). The van der Waals surface area contributed by atoms with Gasteiger partial charge in [-0.05, 0) is 64.5 Å². The number of furan rings is 1. The van der Waals surface area contributed by atoms with Crippen molar-refractivity contribution in [1.29, 1.82) is 0 Å². The number of hydrogen-bond donors (Lipinski definition) is 0. The molecule has 0 saturated heterocycles. The third kappa shape index (κ3) is 4.05. The Labute approximate surface area is 251 Å². The molecule has 0 radical (unpaired) electrons. The van der Waals surface area contributed by atoms with Gasteiger partial charge >= 0.3 is 0 Å². The van der Waals surface area contributed by atoms with Gasteiger partial charge < -0.3 is 9.32 Å². The Hall–Kier alpha value is -5.60. The summed E-state index contributed by atoms with van der Waals surface area (Å²) in [5.41, 5.74) is 6.89. The topological polar surface area (TPSA) is 16.4 Å². The summed E-state index contributed by atoms with van der Waals surface area (Å²) in [6.07, 6.45) is 0. The molecule has 1 aromatic heterocycles. The lowest BCUT2D eigenvalue weighted by molar-refractivity contribution is 0.673. The van der Waals surface area contributed by atoms with E-state index in [4.69, 9.17) is 11.3 Å². The summed E-state index contributed by atoms with van der Waals surface area (Å²) < 4.78 is 49.3. The zero-order valence-electron chi connectivity index (χ0n) is 27.6. The third-order valence-electron chi connectivity index (χ3n) is 7.76. The van der Waals surface area contributed by atoms with Gasteiger partial charge in [0.05, 0.1) is 12.5 Å². The molecule has 8 aromatic rings. The molecule has 7 aromatic carbocycles. The van der Waals surface area contributed by atoms with E-state index >= 15 is 0 Å². The van der Waals surface area contributed by atoms with Crippen LogP contribution in [0.3, 0.4) is 0 Å². The van der Waals surface area contributed by atoms with Gasteiger partial charge in [0.1, 0.15) is 11.2 Å². The lowest BCUT2D eigenvalue weighted by Gasteiger charge is -2.28. The van der Waals surface area contributed by atoms with Gasteiger partial charge in [-0.2, -0.15) is 0 Å². The fourth-order valence-electron chi connectivity index (χ4n) is 5.86. The van der Waals surface area contributed by atoms with Crippen LogP contribution in [0.4, 0.5) is 17.1 Å². The Balaban J connectivity index is 1.33. The Morgan fingerprint density at radius 2 is 1.21 bits per heavy atom. The second-order valence-electron chi connectivity index (χ2n) is 10.2. The largest absolute Gasteiger partial charge is 0.455 e. The quantitative estimate of drug-likeness (QED) is 0.215. The van der Waals surface area contributed by atoms with Crippen LogP contribution < -0.4 is 4.90 Å². The second-order valence-corrected chi connectivity index (χ2v) is 10.2. The molecule has 2 heteroatoms. The molecule has 0 amide bonds. The molecular weight excluding hydrogens is 510 g/mol. The Morgan fingerprint density at radius 1 is 0.500 bits per heavy atom. The van der Waals surface area contributed by atoms with Gasteiger partial charge in [0.2, 0.25) is 0 Å². The molecule has 1 heterocycles. The number of anilines is 3. The molecule has 0 bridgehead atoms. The summed E-state index contributed by atoms with van der Waals surface area (Å²) in [5.74, 6) is 0. The van der Waals surface area contributed by atoms with Crippen molar-refractivity contribution >= 4 is 49.8 Å². The average molecular weight is 543 g/mol. The van der Waals surface area contributed by atoms with E-state index in [1.54, 1.807) is 4.90 Å². The van der Waals surface area contributed by atoms with Crippen LogP contribution in [0.15, 0.2) is 168 Å². The Bertz CT molecular complexity index is 2440. The molecule has 42 heavy (non-hydrogen) atoms. The third-order valence-corrected chi connectivity index (χ3v) is 7.76. The van der Waals surface area contributed by atoms with Gasteiger partial charge in [-0.15, -0.1) is 0 Å². The van der Waals surface area contributed by atoms with Crippen molar-refractivity contribution in [3.63, 3.8) is 0 Å². The first-order chi connectivity index (χ1) is 22.9. The van der Waals surface area contributed by atoms with Crippen LogP contribution in [0, 0.1) is 0 Å². The van der Waals surface area contributed by atoms with Gasteiger partial charge in [-0.3, -0.25) is 0 Å². The van der Waals surface area contributed by atoms with Crippen LogP contribution in [0.1, 0.15) is 6.85 Å². The van der Waals surface area contributed by atoms with Crippen LogP contribution in [0.2, 0.25) is 0 Å². The highest BCUT2D eigenvalue weighted by atomic mass is 16.3. The van der Waals surface area contributed by atoms with E-state index in [9.17, 15) is 0 Å². The maximum absolute atomic E-state index is 8.90. The minimum Gasteiger partial charge on any atom is -0.455 e. The van der Waals surface area contributed by atoms with Gasteiger partial charge in [-0.1, -0.05) is 121 Å². The van der Waals surface area contributed by atoms with Crippen molar-refractivity contribution in [1.82, 2.24) is 0 Å². The highest BCUT2D eigenvalue weighted by molar-refractivity contribution is 6.19. The fourth-order valence-corrected chi connectivity index (χ4v) is 5.86. The normalized spacial score (nSPS) is 13.0. The lowest BCUT2D eigenvalue weighted by atomic mass is 9.97. The predicted octanol–water partition coefficient (Wildman–Crippen LogP) is 11.5. The fraction of sp³-hybridized carbons (Fsp3) is 0. The van der Waals surface area contributed by atoms with Crippen molar-refractivity contribution in [3.05, 3.63) is 164 Å². The molecule has 0 aliphatic rings. The molecule has 0 aliphatic heterocycles. The number of fused-ring (bicyclic) bond motifs is 5. The summed E-state index contributed by atoms with van der Waals surface area (Å²) in [5, 5.41) is 4.25. The molecular formula is C40H27NO. The minimum atomic E-state index is -0.427. The standard InChI is InChI=1S/C40H27NO/c1-3-12-28(13-4-1)33-17-9-10-20-37(33)41(31-15-5-2-6-16-31)32-25-22-30(23-26-32)34-19-11-21-38-39(34)36-27-24-29-14-7-8-18-35(29)40(36)42-38/h1-27H/i2D,5D,6D,15D,16D. The Morgan fingerprint density at radius 3 is 2.07 bits per heavy atom. The molecule has 198 valence electrons. The molecule has 0 spiro atoms. The number of benzene rings is 7. The molecule has 0 atom stereocenters. The summed E-state index contributed by atoms with van der Waals surface area (Å²) in [6.45, 7) is 0. The number of rotatable bonds is 5. The highest BCUT2D eigenvalue weighted by Crippen LogP contribution is 2.43. The van der Waals surface area contributed by atoms with Crippen LogP contribution in [-0.2, 0) is 0 Å². The highest BCUT2D eigenvalue weighted by Gasteiger charge is 2.18. The molecule has 0 unspecified atom stereocenters. The first-order valence-electron chi connectivity index (χ1n) is 16.4. The van der Waals surface area contributed by atoms with Gasteiger partial charge in [0.25, 0.3) is 0 Å². The van der Waals surface area contributed by atoms with E-state index in [1.807, 2.05) is 103 Å². The molecule has 2 nitrogen and oxygen atoms in total. The van der Waals surface area contributed by atoms with Crippen LogP contribution >= 0.6 is 0 Å². The summed E-state index contributed by atoms with van der Waals surface area (Å²) >= 11 is 0. The summed E-state index contributed by atoms with van der Waals surface area (Å²) in [7, 11) is 0. The molecule has 0 aliphatic carbocycles. The van der Waals surface area contributed by atoms with E-state index in [-0.39, 0.29) is 29.9 Å². The maximum atomic E-state index is 8.90. The maximum Gasteiger partial charge on any atom is 0.143 e. The molecule has 0 N–H and O–H groups in total. The van der Waals surface area contributed by atoms with E-state index in [1.165, 1.54) is 0 Å². The van der Waals surface area contributed by atoms with E-state index < -0.39 is 6.04 Å². The zero-order chi connectivity index (χ0) is 32.2. The first-order valence-corrected chi connectivity index (χ1v) is 13.9. The average Bonchev–Trinajstić information content (AvgIpc) is 3.52. The van der Waals surface area contributed by atoms with E-state index in [0.29, 0.717) is 11.4 Å². The van der Waals surface area contributed by atoms with Crippen molar-refractivity contribution < 1.29 is 11.3 Å². The predicted molar refractivity (Wildman–Crippen MR) is 177 cm³/mol. The van der Waals surface area contributed by atoms with Crippen molar-refractivity contribution in [3.8, 4) is 22.3 Å². The number of nitrogens with zero attached hydrogens (tertiary/aromatic N) is 1. The van der Waals surface area contributed by atoms with E-state index in [2.05, 4.69) is 30.3 Å². The van der Waals surface area contributed by atoms with Gasteiger partial charge in [0, 0.05) is 33.1 Å². The van der Waals surface area contributed by atoms with Crippen LogP contribution in [0.25, 0.3) is 55.0 Å². The molecule has 0 saturated carbocycles. The summed E-state index contributed by atoms with van der Waals surface area (Å²) in [6, 6.07) is 42.3. The van der Waals surface area contributed by atoms with Gasteiger partial charge in [-0.25, -0.2) is 0 Å². The monoisotopic (exact) mass is 542 g/mol. The lowest BCUT2D eigenvalue weighted by Crippen LogP contribution is -2.11. The first kappa shape index (κ1) is 19.5. The van der Waals surface area contributed by atoms with Crippen LogP contribution in [0.5, 0.6) is 0 Å². The van der Waals surface area contributed by atoms with E-state index in [0.717, 1.165) is 55.0 Å². The van der Waals surface area contributed by atoms with Gasteiger partial charge in [0.15, 0.2) is 0 Å². The van der Waals surface area contributed by atoms with Crippen LogP contribution in [-0.4, -0.2) is 0 Å². The second kappa shape index (κ2) is 10.1. The van der Waals surface area contributed by atoms with Crippen molar-refractivity contribution in [2.75, 3.05) is 4.90 Å². The SMILES string of the molecule is [2H]c1c([2H])c([2H])c(N(c2ccc(-c3cccc4oc5c6ccccc6ccc5c34)cc2)c2ccccc2-c2ccccc2)c([2H])c1[2H]. The number of hydrogen-bond acceptors (Lipinski definition) is 2. The molecule has 0 fully saturated rings. The number of para-hydroxylation sites is 2. The summed E-state index contributed by atoms with van der Waals surface area (Å²) in [4.78, 5) is 1.77. The van der Waals surface area contributed by atoms with Crippen molar-refractivity contribution in [2.24, 2.45) is 0 Å². The zero-order valence-corrected chi connectivity index (χ0v) is 22.6.